The average molecular weight is 271 g/mol. The maximum Gasteiger partial charge on any atom is 0.254 e. The maximum atomic E-state index is 12.0. The number of nitrogens with zero attached hydrogens (tertiary/aromatic N) is 3. The van der Waals surface area contributed by atoms with E-state index in [2.05, 4.69) is 14.7 Å². The van der Waals surface area contributed by atoms with Gasteiger partial charge in [-0.1, -0.05) is 0 Å². The van der Waals surface area contributed by atoms with Gasteiger partial charge in [-0.05, 0) is 19.2 Å². The number of hydrogen-bond donors (Lipinski definition) is 2. The molecule has 0 amide bonds. The van der Waals surface area contributed by atoms with Crippen LogP contribution in [0.15, 0.2) is 23.2 Å². The quantitative estimate of drug-likeness (QED) is 0.740. The minimum atomic E-state index is -3.55. The van der Waals surface area contributed by atoms with Crippen molar-refractivity contribution in [3.05, 3.63) is 18.3 Å². The van der Waals surface area contributed by atoms with E-state index in [-0.39, 0.29) is 4.90 Å². The van der Waals surface area contributed by atoms with Crippen LogP contribution >= 0.6 is 0 Å². The van der Waals surface area contributed by atoms with Crippen LogP contribution in [0.25, 0.3) is 0 Å². The highest BCUT2D eigenvalue weighted by molar-refractivity contribution is 7.89. The van der Waals surface area contributed by atoms with Gasteiger partial charge in [0.1, 0.15) is 10.7 Å². The Morgan fingerprint density at radius 3 is 2.50 bits per heavy atom. The van der Waals surface area contributed by atoms with Gasteiger partial charge in [0.25, 0.3) is 10.0 Å². The number of anilines is 1. The lowest BCUT2D eigenvalue weighted by Crippen LogP contribution is -2.52. The summed E-state index contributed by atoms with van der Waals surface area (Å²) in [7, 11) is -1.55. The van der Waals surface area contributed by atoms with Crippen LogP contribution in [0.2, 0.25) is 0 Å². The van der Waals surface area contributed by atoms with Crippen LogP contribution in [-0.2, 0) is 10.0 Å². The van der Waals surface area contributed by atoms with Crippen LogP contribution in [0.1, 0.15) is 0 Å². The lowest BCUT2D eigenvalue weighted by atomic mass is 10.4. The first kappa shape index (κ1) is 13.2. The molecule has 1 fully saturated rings. The molecule has 3 N–H and O–H groups in total. The minimum absolute atomic E-state index is 0.121. The molecular formula is C10H17N5O2S. The van der Waals surface area contributed by atoms with E-state index in [0.717, 1.165) is 13.1 Å². The number of nitrogens with two attached hydrogens (primary N) is 1. The standard InChI is InChI=1S/C10H17N5O2S/c1-14-4-6-15(7-5-14)13-18(16,17)9-2-3-10(11)12-8-9/h2-3,8,13H,4-7H2,1H3,(H2,11,12). The molecule has 0 aliphatic carbocycles. The SMILES string of the molecule is CN1CCN(NS(=O)(=O)c2ccc(N)nc2)CC1. The van der Waals surface area contributed by atoms with Crippen molar-refractivity contribution in [2.75, 3.05) is 39.0 Å². The van der Waals surface area contributed by atoms with Gasteiger partial charge in [-0.3, -0.25) is 0 Å². The smallest absolute Gasteiger partial charge is 0.254 e. The number of nitrogen functional groups attached to an aromatic ring is 1. The zero-order chi connectivity index (χ0) is 13.2. The third-order valence-corrected chi connectivity index (χ3v) is 4.18. The number of aromatic nitrogens is 1. The monoisotopic (exact) mass is 271 g/mol. The Labute approximate surface area is 107 Å². The molecule has 7 nitrogen and oxygen atoms in total. The first-order valence-corrected chi connectivity index (χ1v) is 7.13. The van der Waals surface area contributed by atoms with Gasteiger partial charge in [0, 0.05) is 32.4 Å². The summed E-state index contributed by atoms with van der Waals surface area (Å²) in [5.74, 6) is 0.300. The van der Waals surface area contributed by atoms with E-state index in [0.29, 0.717) is 18.9 Å². The zero-order valence-electron chi connectivity index (χ0n) is 10.2. The number of pyridine rings is 1. The van der Waals surface area contributed by atoms with E-state index in [4.69, 9.17) is 5.73 Å². The van der Waals surface area contributed by atoms with Gasteiger partial charge in [0.15, 0.2) is 0 Å². The lowest BCUT2D eigenvalue weighted by Gasteiger charge is -2.32. The summed E-state index contributed by atoms with van der Waals surface area (Å²) in [5.41, 5.74) is 5.43. The number of nitrogens with one attached hydrogen (secondary N) is 1. The van der Waals surface area contributed by atoms with Crippen molar-refractivity contribution in [1.82, 2.24) is 19.7 Å². The van der Waals surface area contributed by atoms with Gasteiger partial charge in [-0.25, -0.2) is 18.4 Å². The highest BCUT2D eigenvalue weighted by Gasteiger charge is 2.21. The molecule has 0 unspecified atom stereocenters. The molecular weight excluding hydrogens is 254 g/mol. The second-order valence-corrected chi connectivity index (χ2v) is 5.96. The second kappa shape index (κ2) is 5.19. The predicted molar refractivity (Wildman–Crippen MR) is 68.0 cm³/mol. The van der Waals surface area contributed by atoms with Gasteiger partial charge in [-0.2, -0.15) is 0 Å². The molecule has 1 aromatic rings. The van der Waals surface area contributed by atoms with Crippen molar-refractivity contribution in [2.24, 2.45) is 0 Å². The molecule has 1 aromatic heterocycles. The molecule has 0 aromatic carbocycles. The van der Waals surface area contributed by atoms with Crippen molar-refractivity contribution >= 4 is 15.8 Å². The first-order chi connectivity index (χ1) is 8.47. The summed E-state index contributed by atoms with van der Waals surface area (Å²) in [4.78, 5) is 8.60. The van der Waals surface area contributed by atoms with Crippen LogP contribution in [0.4, 0.5) is 5.82 Å². The van der Waals surface area contributed by atoms with Crippen LogP contribution in [0.5, 0.6) is 0 Å². The van der Waals surface area contributed by atoms with E-state index in [9.17, 15) is 8.42 Å². The Morgan fingerprint density at radius 1 is 1.28 bits per heavy atom. The molecule has 100 valence electrons. The van der Waals surface area contributed by atoms with E-state index >= 15 is 0 Å². The minimum Gasteiger partial charge on any atom is -0.384 e. The molecule has 8 heteroatoms. The van der Waals surface area contributed by atoms with Crippen LogP contribution in [-0.4, -0.2) is 56.5 Å². The number of rotatable bonds is 3. The molecule has 1 aliphatic rings. The van der Waals surface area contributed by atoms with Gasteiger partial charge >= 0.3 is 0 Å². The Bertz CT molecular complexity index is 494. The number of piperazine rings is 1. The molecule has 0 bridgehead atoms. The van der Waals surface area contributed by atoms with Crippen molar-refractivity contribution in [3.63, 3.8) is 0 Å². The van der Waals surface area contributed by atoms with Gasteiger partial charge in [0.05, 0.1) is 0 Å². The summed E-state index contributed by atoms with van der Waals surface area (Å²) in [6.45, 7) is 3.00. The van der Waals surface area contributed by atoms with Gasteiger partial charge in [0.2, 0.25) is 0 Å². The van der Waals surface area contributed by atoms with Crippen molar-refractivity contribution in [1.29, 1.82) is 0 Å². The fourth-order valence-electron chi connectivity index (χ4n) is 1.67. The number of hydrazine groups is 1. The number of likely N-dealkylation sites (N-methyl/N-ethyl adjacent to an activating group) is 1. The maximum absolute atomic E-state index is 12.0. The van der Waals surface area contributed by atoms with E-state index in [1.165, 1.54) is 18.3 Å². The molecule has 1 saturated heterocycles. The normalized spacial score (nSPS) is 18.9. The fourth-order valence-corrected chi connectivity index (χ4v) is 2.74. The summed E-state index contributed by atoms with van der Waals surface area (Å²) in [5, 5.41) is 1.70. The third-order valence-electron chi connectivity index (χ3n) is 2.82. The predicted octanol–water partition coefficient (Wildman–Crippen LogP) is -0.895. The van der Waals surface area contributed by atoms with Gasteiger partial charge < -0.3 is 10.6 Å². The Balaban J connectivity index is 2.05. The summed E-state index contributed by atoms with van der Waals surface area (Å²) < 4.78 is 24.1. The van der Waals surface area contributed by atoms with E-state index in [1.54, 1.807) is 5.01 Å². The number of sulfonamides is 1. The summed E-state index contributed by atoms with van der Waals surface area (Å²) in [6, 6.07) is 2.92. The van der Waals surface area contributed by atoms with Crippen molar-refractivity contribution in [3.8, 4) is 0 Å². The van der Waals surface area contributed by atoms with Gasteiger partial charge in [-0.15, -0.1) is 4.83 Å². The fraction of sp³-hybridized carbons (Fsp3) is 0.500. The van der Waals surface area contributed by atoms with Crippen molar-refractivity contribution in [2.45, 2.75) is 4.90 Å². The Hall–Kier alpha value is -1.22. The molecule has 18 heavy (non-hydrogen) atoms. The number of hydrogen-bond acceptors (Lipinski definition) is 6. The highest BCUT2D eigenvalue weighted by atomic mass is 32.2. The summed E-state index contributed by atoms with van der Waals surface area (Å²) in [6.07, 6.45) is 1.26. The molecule has 1 aliphatic heterocycles. The molecule has 0 atom stereocenters. The molecule has 2 rings (SSSR count). The molecule has 0 saturated carbocycles. The molecule has 0 radical (unpaired) electrons. The molecule has 0 spiro atoms. The van der Waals surface area contributed by atoms with Crippen molar-refractivity contribution < 1.29 is 8.42 Å². The Morgan fingerprint density at radius 2 is 1.94 bits per heavy atom. The van der Waals surface area contributed by atoms with E-state index in [1.807, 2.05) is 7.05 Å². The van der Waals surface area contributed by atoms with Crippen LogP contribution < -0.4 is 10.6 Å². The first-order valence-electron chi connectivity index (χ1n) is 5.65. The van der Waals surface area contributed by atoms with E-state index < -0.39 is 10.0 Å². The largest absolute Gasteiger partial charge is 0.384 e. The van der Waals surface area contributed by atoms with Crippen LogP contribution in [0, 0.1) is 0 Å². The molecule has 2 heterocycles. The van der Waals surface area contributed by atoms with Crippen LogP contribution in [0.3, 0.4) is 0 Å². The lowest BCUT2D eigenvalue weighted by molar-refractivity contribution is 0.135. The third kappa shape index (κ3) is 3.16. The summed E-state index contributed by atoms with van der Waals surface area (Å²) >= 11 is 0. The second-order valence-electron chi connectivity index (χ2n) is 4.30. The Kier molecular flexibility index (Phi) is 3.81. The topological polar surface area (TPSA) is 91.6 Å². The highest BCUT2D eigenvalue weighted by Crippen LogP contribution is 2.09. The average Bonchev–Trinajstić information content (AvgIpc) is 2.32. The zero-order valence-corrected chi connectivity index (χ0v) is 11.0.